The zero-order valence-corrected chi connectivity index (χ0v) is 13.9. The minimum atomic E-state index is -0.435. The molecule has 0 radical (unpaired) electrons. The molecular formula is C21H14N2O3. The van der Waals surface area contributed by atoms with Gasteiger partial charge in [-0.2, -0.15) is 0 Å². The molecule has 0 aliphatic heterocycles. The number of hydrogen-bond donors (Lipinski definition) is 1. The van der Waals surface area contributed by atoms with Gasteiger partial charge in [-0.05, 0) is 47.2 Å². The molecule has 0 saturated carbocycles. The van der Waals surface area contributed by atoms with Crippen molar-refractivity contribution < 1.29 is 9.52 Å². The molecule has 0 spiro atoms. The third-order valence-corrected chi connectivity index (χ3v) is 4.75. The number of hydrogen-bond acceptors (Lipinski definition) is 4. The van der Waals surface area contributed by atoms with Gasteiger partial charge in [-0.25, -0.2) is 9.78 Å². The van der Waals surface area contributed by atoms with E-state index in [9.17, 15) is 9.90 Å². The highest BCUT2D eigenvalue weighted by molar-refractivity contribution is 6.07. The van der Waals surface area contributed by atoms with Gasteiger partial charge in [0.15, 0.2) is 0 Å². The Morgan fingerprint density at radius 2 is 1.81 bits per heavy atom. The fraction of sp³-hybridized carbons (Fsp3) is 0.0476. The topological polar surface area (TPSA) is 68.3 Å². The molecule has 0 fully saturated rings. The lowest BCUT2D eigenvalue weighted by Crippen LogP contribution is -2.06. The molecule has 1 N–H and O–H groups in total. The van der Waals surface area contributed by atoms with Crippen LogP contribution in [0.15, 0.2) is 69.9 Å². The molecule has 0 unspecified atom stereocenters. The van der Waals surface area contributed by atoms with Crippen molar-refractivity contribution in [3.8, 4) is 17.1 Å². The summed E-state index contributed by atoms with van der Waals surface area (Å²) in [7, 11) is 1.88. The van der Waals surface area contributed by atoms with E-state index < -0.39 is 5.63 Å². The summed E-state index contributed by atoms with van der Waals surface area (Å²) in [6.45, 7) is 0. The molecule has 0 aliphatic carbocycles. The maximum absolute atomic E-state index is 12.6. The summed E-state index contributed by atoms with van der Waals surface area (Å²) in [6, 6.07) is 18.3. The SMILES string of the molecule is Cn1c(-c2cc3c(ccc4ccc(O)cc43)oc2=O)nc2ccccc21. The largest absolute Gasteiger partial charge is 0.508 e. The Bertz CT molecular complexity index is 1380. The first kappa shape index (κ1) is 14.7. The quantitative estimate of drug-likeness (QED) is 0.366. The summed E-state index contributed by atoms with van der Waals surface area (Å²) in [4.78, 5) is 17.2. The van der Waals surface area contributed by atoms with Crippen LogP contribution in [0.2, 0.25) is 0 Å². The minimum absolute atomic E-state index is 0.167. The monoisotopic (exact) mass is 342 g/mol. The first-order valence-corrected chi connectivity index (χ1v) is 8.23. The average Bonchev–Trinajstić information content (AvgIpc) is 2.98. The summed E-state index contributed by atoms with van der Waals surface area (Å²) >= 11 is 0. The summed E-state index contributed by atoms with van der Waals surface area (Å²) in [5, 5.41) is 12.4. The van der Waals surface area contributed by atoms with Crippen molar-refractivity contribution in [2.45, 2.75) is 0 Å². The van der Waals surface area contributed by atoms with Crippen LogP contribution in [-0.2, 0) is 7.05 Å². The van der Waals surface area contributed by atoms with E-state index >= 15 is 0 Å². The molecule has 5 nitrogen and oxygen atoms in total. The van der Waals surface area contributed by atoms with Crippen molar-refractivity contribution in [1.29, 1.82) is 0 Å². The van der Waals surface area contributed by atoms with Crippen LogP contribution in [0.1, 0.15) is 0 Å². The average molecular weight is 342 g/mol. The summed E-state index contributed by atoms with van der Waals surface area (Å²) < 4.78 is 7.44. The molecule has 0 bridgehead atoms. The van der Waals surface area contributed by atoms with Crippen molar-refractivity contribution in [1.82, 2.24) is 9.55 Å². The lowest BCUT2D eigenvalue weighted by molar-refractivity contribution is 0.476. The van der Waals surface area contributed by atoms with E-state index in [-0.39, 0.29) is 5.75 Å². The van der Waals surface area contributed by atoms with Gasteiger partial charge in [0.05, 0.1) is 11.0 Å². The Morgan fingerprint density at radius 1 is 1.00 bits per heavy atom. The van der Waals surface area contributed by atoms with E-state index in [0.717, 1.165) is 27.2 Å². The molecule has 0 saturated heterocycles. The Morgan fingerprint density at radius 3 is 2.65 bits per heavy atom. The first-order chi connectivity index (χ1) is 12.6. The summed E-state index contributed by atoms with van der Waals surface area (Å²) in [5.74, 6) is 0.722. The number of fused-ring (bicyclic) bond motifs is 4. The predicted octanol–water partition coefficient (Wildman–Crippen LogP) is 4.21. The standard InChI is InChI=1S/C21H14N2O3/c1-23-18-5-3-2-4-17(18)22-20(23)16-11-15-14-10-13(24)8-6-12(14)7-9-19(15)26-21(16)25/h2-11,24H,1H3. The zero-order valence-electron chi connectivity index (χ0n) is 13.9. The second-order valence-corrected chi connectivity index (χ2v) is 6.31. The van der Waals surface area contributed by atoms with E-state index in [1.54, 1.807) is 24.3 Å². The van der Waals surface area contributed by atoms with Gasteiger partial charge in [0, 0.05) is 12.4 Å². The number of phenols is 1. The van der Waals surface area contributed by atoms with Gasteiger partial charge in [0.1, 0.15) is 22.7 Å². The van der Waals surface area contributed by atoms with Gasteiger partial charge in [-0.15, -0.1) is 0 Å². The predicted molar refractivity (Wildman–Crippen MR) is 101 cm³/mol. The van der Waals surface area contributed by atoms with Gasteiger partial charge < -0.3 is 14.1 Å². The van der Waals surface area contributed by atoms with E-state index in [4.69, 9.17) is 4.42 Å². The van der Waals surface area contributed by atoms with E-state index in [1.165, 1.54) is 0 Å². The lowest BCUT2D eigenvalue weighted by Gasteiger charge is -2.06. The fourth-order valence-electron chi connectivity index (χ4n) is 3.45. The van der Waals surface area contributed by atoms with Crippen molar-refractivity contribution in [2.75, 3.05) is 0 Å². The number of phenolic OH excluding ortho intramolecular Hbond substituents is 1. The highest BCUT2D eigenvalue weighted by atomic mass is 16.4. The van der Waals surface area contributed by atoms with E-state index in [0.29, 0.717) is 17.0 Å². The molecule has 0 amide bonds. The van der Waals surface area contributed by atoms with E-state index in [2.05, 4.69) is 4.98 Å². The van der Waals surface area contributed by atoms with Crippen LogP contribution in [0, 0.1) is 0 Å². The molecule has 5 rings (SSSR count). The Kier molecular flexibility index (Phi) is 2.94. The number of rotatable bonds is 1. The number of aromatic hydroxyl groups is 1. The van der Waals surface area contributed by atoms with Gasteiger partial charge in [0.2, 0.25) is 0 Å². The van der Waals surface area contributed by atoms with E-state index in [1.807, 2.05) is 48.0 Å². The molecular weight excluding hydrogens is 328 g/mol. The van der Waals surface area contributed by atoms with Gasteiger partial charge >= 0.3 is 5.63 Å². The zero-order chi connectivity index (χ0) is 17.8. The number of nitrogens with zero attached hydrogens (tertiary/aromatic N) is 2. The highest BCUT2D eigenvalue weighted by Gasteiger charge is 2.16. The molecule has 26 heavy (non-hydrogen) atoms. The number of para-hydroxylation sites is 2. The number of aromatic nitrogens is 2. The Hall–Kier alpha value is -3.60. The molecule has 5 aromatic rings. The molecule has 3 aromatic carbocycles. The van der Waals surface area contributed by atoms with Crippen LogP contribution in [0.4, 0.5) is 0 Å². The molecule has 126 valence electrons. The first-order valence-electron chi connectivity index (χ1n) is 8.23. The van der Waals surface area contributed by atoms with Crippen molar-refractivity contribution in [2.24, 2.45) is 7.05 Å². The smallest absolute Gasteiger partial charge is 0.347 e. The molecule has 0 aliphatic rings. The molecule has 0 atom stereocenters. The van der Waals surface area contributed by atoms with Crippen LogP contribution in [0.25, 0.3) is 44.2 Å². The maximum atomic E-state index is 12.6. The number of aryl methyl sites for hydroxylation is 1. The normalized spacial score (nSPS) is 11.6. The van der Waals surface area contributed by atoms with Crippen molar-refractivity contribution in [3.05, 3.63) is 71.1 Å². The third kappa shape index (κ3) is 2.04. The van der Waals surface area contributed by atoms with Gasteiger partial charge in [-0.1, -0.05) is 24.3 Å². The molecule has 2 aromatic heterocycles. The van der Waals surface area contributed by atoms with Gasteiger partial charge in [0.25, 0.3) is 0 Å². The minimum Gasteiger partial charge on any atom is -0.508 e. The second-order valence-electron chi connectivity index (χ2n) is 6.31. The highest BCUT2D eigenvalue weighted by Crippen LogP contribution is 2.30. The van der Waals surface area contributed by atoms with Crippen molar-refractivity contribution >= 4 is 32.8 Å². The van der Waals surface area contributed by atoms with Crippen LogP contribution in [0.5, 0.6) is 5.75 Å². The van der Waals surface area contributed by atoms with Crippen LogP contribution in [0.3, 0.4) is 0 Å². The Labute approximate surface area is 147 Å². The fourth-order valence-corrected chi connectivity index (χ4v) is 3.45. The number of benzene rings is 3. The second kappa shape index (κ2) is 5.20. The van der Waals surface area contributed by atoms with Crippen LogP contribution in [-0.4, -0.2) is 14.7 Å². The lowest BCUT2D eigenvalue weighted by atomic mass is 10.0. The Balaban J connectivity index is 1.89. The molecule has 5 heteroatoms. The van der Waals surface area contributed by atoms with Crippen LogP contribution >= 0.6 is 0 Å². The van der Waals surface area contributed by atoms with Crippen molar-refractivity contribution in [3.63, 3.8) is 0 Å². The summed E-state index contributed by atoms with van der Waals surface area (Å²) in [5.41, 5.74) is 2.20. The summed E-state index contributed by atoms with van der Waals surface area (Å²) in [6.07, 6.45) is 0. The maximum Gasteiger partial charge on any atom is 0.347 e. The van der Waals surface area contributed by atoms with Gasteiger partial charge in [-0.3, -0.25) is 0 Å². The third-order valence-electron chi connectivity index (χ3n) is 4.75. The van der Waals surface area contributed by atoms with Crippen LogP contribution < -0.4 is 5.63 Å². The molecule has 2 heterocycles. The number of imidazole rings is 1.